The molecule has 0 bridgehead atoms. The molecule has 0 rings (SSSR count). The average molecular weight is 170 g/mol. The van der Waals surface area contributed by atoms with E-state index in [0.717, 1.165) is 0 Å². The summed E-state index contributed by atoms with van der Waals surface area (Å²) in [7, 11) is 0. The van der Waals surface area contributed by atoms with Crippen molar-refractivity contribution in [3.05, 3.63) is 0 Å². The summed E-state index contributed by atoms with van der Waals surface area (Å²) in [5, 5.41) is 0. The van der Waals surface area contributed by atoms with E-state index in [9.17, 15) is 0 Å². The van der Waals surface area contributed by atoms with Crippen LogP contribution in [0.25, 0.3) is 0 Å². The minimum atomic E-state index is 0.403. The van der Waals surface area contributed by atoms with Crippen LogP contribution < -0.4 is 0 Å². The van der Waals surface area contributed by atoms with E-state index in [1.807, 2.05) is 0 Å². The Bertz CT molecular complexity index is 138. The summed E-state index contributed by atoms with van der Waals surface area (Å²) < 4.78 is 0. The molecule has 0 spiro atoms. The molecule has 0 N–H and O–H groups in total. The zero-order chi connectivity index (χ0) is 10.2. The zero-order valence-corrected chi connectivity index (χ0v) is 10.2. The Morgan fingerprint density at radius 2 is 1.00 bits per heavy atom. The van der Waals surface area contributed by atoms with Gasteiger partial charge in [0.25, 0.3) is 0 Å². The van der Waals surface area contributed by atoms with Gasteiger partial charge in [0.2, 0.25) is 0 Å². The summed E-state index contributed by atoms with van der Waals surface area (Å²) in [6, 6.07) is 0. The molecule has 0 aliphatic carbocycles. The van der Waals surface area contributed by atoms with Gasteiger partial charge in [0.15, 0.2) is 0 Å². The normalized spacial score (nSPS) is 15.0. The van der Waals surface area contributed by atoms with Crippen LogP contribution in [-0.2, 0) is 0 Å². The quantitative estimate of drug-likeness (QED) is 0.543. The molecule has 0 heterocycles. The van der Waals surface area contributed by atoms with Gasteiger partial charge in [-0.2, -0.15) is 0 Å². The highest BCUT2D eigenvalue weighted by Crippen LogP contribution is 2.45. The highest BCUT2D eigenvalue weighted by Gasteiger charge is 2.35. The minimum absolute atomic E-state index is 0.403. The Morgan fingerprint density at radius 3 is 1.08 bits per heavy atom. The van der Waals surface area contributed by atoms with Gasteiger partial charge in [-0.3, -0.25) is 0 Å². The van der Waals surface area contributed by atoms with Crippen LogP contribution in [0.5, 0.6) is 0 Å². The Labute approximate surface area is 78.8 Å². The van der Waals surface area contributed by atoms with Gasteiger partial charge < -0.3 is 0 Å². The zero-order valence-electron chi connectivity index (χ0n) is 10.2. The van der Waals surface area contributed by atoms with E-state index < -0.39 is 0 Å². The standard InChI is InChI=1S/C12H26/c1-10(2,3)9-12(7,8)11(4,5)6/h9H2,1-8H3. The summed E-state index contributed by atoms with van der Waals surface area (Å²) in [4.78, 5) is 0. The second-order valence-corrected chi connectivity index (χ2v) is 6.87. The first-order chi connectivity index (χ1) is 4.96. The van der Waals surface area contributed by atoms with Crippen molar-refractivity contribution in [2.24, 2.45) is 16.2 Å². The van der Waals surface area contributed by atoms with Crippen molar-refractivity contribution >= 4 is 0 Å². The van der Waals surface area contributed by atoms with E-state index in [2.05, 4.69) is 55.4 Å². The molecule has 0 aromatic heterocycles. The van der Waals surface area contributed by atoms with Crippen molar-refractivity contribution in [1.29, 1.82) is 0 Å². The molecule has 0 aromatic carbocycles. The van der Waals surface area contributed by atoms with Crippen molar-refractivity contribution in [2.45, 2.75) is 61.8 Å². The van der Waals surface area contributed by atoms with E-state index in [1.165, 1.54) is 6.42 Å². The van der Waals surface area contributed by atoms with Crippen molar-refractivity contribution in [2.75, 3.05) is 0 Å². The first kappa shape index (κ1) is 12.0. The number of hydrogen-bond acceptors (Lipinski definition) is 0. The SMILES string of the molecule is CC(C)(C)CC(C)(C)C(C)(C)C. The molecule has 0 aliphatic heterocycles. The summed E-state index contributed by atoms with van der Waals surface area (Å²) in [6.07, 6.45) is 1.28. The Hall–Kier alpha value is 0. The summed E-state index contributed by atoms with van der Waals surface area (Å²) >= 11 is 0. The Morgan fingerprint density at radius 1 is 0.667 bits per heavy atom. The van der Waals surface area contributed by atoms with Gasteiger partial charge in [0, 0.05) is 0 Å². The second kappa shape index (κ2) is 3.05. The van der Waals surface area contributed by atoms with Crippen molar-refractivity contribution < 1.29 is 0 Å². The fourth-order valence-corrected chi connectivity index (χ4v) is 1.59. The van der Waals surface area contributed by atoms with E-state index in [4.69, 9.17) is 0 Å². The topological polar surface area (TPSA) is 0 Å². The molecule has 0 saturated carbocycles. The van der Waals surface area contributed by atoms with Crippen LogP contribution in [0.15, 0.2) is 0 Å². The first-order valence-electron chi connectivity index (χ1n) is 4.96. The van der Waals surface area contributed by atoms with E-state index in [0.29, 0.717) is 16.2 Å². The van der Waals surface area contributed by atoms with Crippen molar-refractivity contribution in [3.63, 3.8) is 0 Å². The highest BCUT2D eigenvalue weighted by molar-refractivity contribution is 4.85. The fraction of sp³-hybridized carbons (Fsp3) is 1.00. The summed E-state index contributed by atoms with van der Waals surface area (Å²) in [5.74, 6) is 0. The van der Waals surface area contributed by atoms with Gasteiger partial charge in [-0.05, 0) is 22.7 Å². The maximum Gasteiger partial charge on any atom is -0.0301 e. The van der Waals surface area contributed by atoms with Crippen LogP contribution in [0.2, 0.25) is 0 Å². The summed E-state index contributed by atoms with van der Waals surface area (Å²) in [6.45, 7) is 18.7. The smallest absolute Gasteiger partial charge is 0.0301 e. The average Bonchev–Trinajstić information content (AvgIpc) is 1.52. The van der Waals surface area contributed by atoms with Crippen molar-refractivity contribution in [1.82, 2.24) is 0 Å². The lowest BCUT2D eigenvalue weighted by Gasteiger charge is -2.43. The second-order valence-electron chi connectivity index (χ2n) is 6.87. The highest BCUT2D eigenvalue weighted by atomic mass is 14.4. The molecule has 12 heavy (non-hydrogen) atoms. The number of rotatable bonds is 1. The first-order valence-corrected chi connectivity index (χ1v) is 4.96. The van der Waals surface area contributed by atoms with Gasteiger partial charge in [-0.25, -0.2) is 0 Å². The molecular weight excluding hydrogens is 144 g/mol. The predicted octanol–water partition coefficient (Wildman–Crippen LogP) is 4.49. The maximum absolute atomic E-state index is 2.37. The summed E-state index contributed by atoms with van der Waals surface area (Å²) in [5.41, 5.74) is 1.27. The van der Waals surface area contributed by atoms with Crippen molar-refractivity contribution in [3.8, 4) is 0 Å². The van der Waals surface area contributed by atoms with Crippen LogP contribution in [0.1, 0.15) is 61.8 Å². The van der Waals surface area contributed by atoms with Crippen LogP contribution in [0.3, 0.4) is 0 Å². The molecule has 0 atom stereocenters. The minimum Gasteiger partial charge on any atom is -0.0602 e. The lowest BCUT2D eigenvalue weighted by molar-refractivity contribution is 0.0743. The number of hydrogen-bond donors (Lipinski definition) is 0. The van der Waals surface area contributed by atoms with Gasteiger partial charge in [-0.1, -0.05) is 55.4 Å². The molecule has 0 nitrogen and oxygen atoms in total. The third-order valence-corrected chi connectivity index (χ3v) is 3.00. The molecule has 0 saturated heterocycles. The van der Waals surface area contributed by atoms with Crippen LogP contribution >= 0.6 is 0 Å². The molecular formula is C12H26. The Balaban J connectivity index is 4.44. The Kier molecular flexibility index (Phi) is 3.05. The molecule has 0 aromatic rings. The van der Waals surface area contributed by atoms with Gasteiger partial charge in [-0.15, -0.1) is 0 Å². The van der Waals surface area contributed by atoms with Crippen LogP contribution in [0, 0.1) is 16.2 Å². The van der Waals surface area contributed by atoms with Crippen LogP contribution in [0.4, 0.5) is 0 Å². The fourth-order valence-electron chi connectivity index (χ4n) is 1.59. The van der Waals surface area contributed by atoms with Gasteiger partial charge in [0.05, 0.1) is 0 Å². The largest absolute Gasteiger partial charge is 0.0602 e. The van der Waals surface area contributed by atoms with E-state index in [-0.39, 0.29) is 0 Å². The molecule has 0 fully saturated rings. The maximum atomic E-state index is 2.37. The van der Waals surface area contributed by atoms with Crippen LogP contribution in [-0.4, -0.2) is 0 Å². The molecule has 74 valence electrons. The molecule has 0 amide bonds. The third kappa shape index (κ3) is 3.60. The van der Waals surface area contributed by atoms with Gasteiger partial charge in [0.1, 0.15) is 0 Å². The third-order valence-electron chi connectivity index (χ3n) is 3.00. The van der Waals surface area contributed by atoms with Gasteiger partial charge >= 0.3 is 0 Å². The molecule has 0 heteroatoms. The lowest BCUT2D eigenvalue weighted by Crippen LogP contribution is -2.33. The molecule has 0 unspecified atom stereocenters. The predicted molar refractivity (Wildman–Crippen MR) is 57.3 cm³/mol. The molecule has 0 aliphatic rings. The van der Waals surface area contributed by atoms with E-state index >= 15 is 0 Å². The lowest BCUT2D eigenvalue weighted by atomic mass is 9.63. The molecule has 0 radical (unpaired) electrons. The van der Waals surface area contributed by atoms with E-state index in [1.54, 1.807) is 0 Å². The monoisotopic (exact) mass is 170 g/mol.